The molecule has 1 aliphatic heterocycles. The van der Waals surface area contributed by atoms with Crippen molar-refractivity contribution in [1.29, 1.82) is 0 Å². The number of hydrogen-bond donors (Lipinski definition) is 0. The SMILES string of the molecule is CN1C[C@H](c2cccc(C(F)F)c2)[C@@H](C(=O)Cc2cccc(F)n2)C1=O. The highest BCUT2D eigenvalue weighted by Crippen LogP contribution is 2.35. The molecular formula is C19H17F3N2O2. The Morgan fingerprint density at radius 1 is 1.27 bits per heavy atom. The Hall–Kier alpha value is -2.70. The van der Waals surface area contributed by atoms with E-state index in [0.717, 1.165) is 0 Å². The highest BCUT2D eigenvalue weighted by molar-refractivity contribution is 6.04. The zero-order chi connectivity index (χ0) is 18.8. The molecule has 0 aliphatic carbocycles. The fourth-order valence-electron chi connectivity index (χ4n) is 3.32. The molecule has 1 saturated heterocycles. The molecule has 3 rings (SSSR count). The largest absolute Gasteiger partial charge is 0.344 e. The van der Waals surface area contributed by atoms with E-state index in [0.29, 0.717) is 5.56 Å². The van der Waals surface area contributed by atoms with Gasteiger partial charge in [-0.3, -0.25) is 9.59 Å². The number of halogens is 3. The van der Waals surface area contributed by atoms with Crippen molar-refractivity contribution in [3.63, 3.8) is 0 Å². The van der Waals surface area contributed by atoms with Crippen molar-refractivity contribution in [3.8, 4) is 0 Å². The Morgan fingerprint density at radius 3 is 2.69 bits per heavy atom. The molecule has 1 aromatic carbocycles. The minimum Gasteiger partial charge on any atom is -0.344 e. The Bertz CT molecular complexity index is 841. The van der Waals surface area contributed by atoms with E-state index in [1.807, 2.05) is 0 Å². The molecule has 1 amide bonds. The molecule has 0 saturated carbocycles. The van der Waals surface area contributed by atoms with Crippen LogP contribution in [0, 0.1) is 11.9 Å². The van der Waals surface area contributed by atoms with Crippen molar-refractivity contribution >= 4 is 11.7 Å². The fourth-order valence-corrected chi connectivity index (χ4v) is 3.32. The van der Waals surface area contributed by atoms with Crippen LogP contribution in [0.25, 0.3) is 0 Å². The number of hydrogen-bond acceptors (Lipinski definition) is 3. The number of likely N-dealkylation sites (tertiary alicyclic amines) is 1. The molecule has 0 N–H and O–H groups in total. The van der Waals surface area contributed by atoms with E-state index >= 15 is 0 Å². The lowest BCUT2D eigenvalue weighted by molar-refractivity contribution is -0.136. The van der Waals surface area contributed by atoms with Gasteiger partial charge in [0.25, 0.3) is 6.43 Å². The summed E-state index contributed by atoms with van der Waals surface area (Å²) in [6, 6.07) is 9.90. The lowest BCUT2D eigenvalue weighted by Gasteiger charge is -2.17. The molecule has 136 valence electrons. The first kappa shape index (κ1) is 18.1. The summed E-state index contributed by atoms with van der Waals surface area (Å²) < 4.78 is 39.2. The predicted molar refractivity (Wildman–Crippen MR) is 88.2 cm³/mol. The number of aromatic nitrogens is 1. The van der Waals surface area contributed by atoms with Crippen molar-refractivity contribution in [3.05, 3.63) is 65.2 Å². The summed E-state index contributed by atoms with van der Waals surface area (Å²) in [5.41, 5.74) is 0.603. The molecule has 7 heteroatoms. The smallest absolute Gasteiger partial charge is 0.263 e. The van der Waals surface area contributed by atoms with E-state index in [9.17, 15) is 22.8 Å². The molecule has 1 aromatic heterocycles. The first-order chi connectivity index (χ1) is 12.4. The maximum absolute atomic E-state index is 13.2. The minimum absolute atomic E-state index is 0.150. The molecule has 2 atom stereocenters. The summed E-state index contributed by atoms with van der Waals surface area (Å²) in [6.07, 6.45) is -2.82. The summed E-state index contributed by atoms with van der Waals surface area (Å²) in [4.78, 5) is 30.3. The second-order valence-corrected chi connectivity index (χ2v) is 6.37. The molecule has 0 radical (unpaired) electrons. The number of nitrogens with zero attached hydrogens (tertiary/aromatic N) is 2. The predicted octanol–water partition coefficient (Wildman–Crippen LogP) is 3.14. The molecule has 1 fully saturated rings. The van der Waals surface area contributed by atoms with Gasteiger partial charge in [-0.05, 0) is 23.8 Å². The Morgan fingerprint density at radius 2 is 2.00 bits per heavy atom. The van der Waals surface area contributed by atoms with Crippen LogP contribution in [0.1, 0.15) is 29.2 Å². The molecule has 2 aromatic rings. The van der Waals surface area contributed by atoms with E-state index in [1.54, 1.807) is 13.1 Å². The minimum atomic E-state index is -2.63. The van der Waals surface area contributed by atoms with Crippen LogP contribution in [0.4, 0.5) is 13.2 Å². The molecule has 1 aliphatic rings. The van der Waals surface area contributed by atoms with E-state index in [1.165, 1.54) is 41.3 Å². The number of rotatable bonds is 5. The second kappa shape index (κ2) is 7.27. The lowest BCUT2D eigenvalue weighted by Crippen LogP contribution is -2.29. The molecular weight excluding hydrogens is 345 g/mol. The van der Waals surface area contributed by atoms with Crippen LogP contribution in [0.3, 0.4) is 0 Å². The first-order valence-electron chi connectivity index (χ1n) is 8.14. The van der Waals surface area contributed by atoms with E-state index < -0.39 is 30.0 Å². The number of likely N-dealkylation sites (N-methyl/N-ethyl adjacent to an activating group) is 1. The number of carbonyl (C=O) groups excluding carboxylic acids is 2. The maximum atomic E-state index is 13.2. The maximum Gasteiger partial charge on any atom is 0.263 e. The van der Waals surface area contributed by atoms with Gasteiger partial charge >= 0.3 is 0 Å². The number of amides is 1. The Balaban J connectivity index is 1.88. The van der Waals surface area contributed by atoms with Crippen LogP contribution in [0.2, 0.25) is 0 Å². The normalized spacial score (nSPS) is 20.0. The van der Waals surface area contributed by atoms with Crippen molar-refractivity contribution in [2.75, 3.05) is 13.6 Å². The third kappa shape index (κ3) is 3.61. The summed E-state index contributed by atoms with van der Waals surface area (Å²) in [5.74, 6) is -2.97. The van der Waals surface area contributed by atoms with Crippen molar-refractivity contribution in [1.82, 2.24) is 9.88 Å². The molecule has 0 bridgehead atoms. The Labute approximate surface area is 148 Å². The third-order valence-corrected chi connectivity index (χ3v) is 4.58. The highest BCUT2D eigenvalue weighted by atomic mass is 19.3. The van der Waals surface area contributed by atoms with Crippen molar-refractivity contribution in [2.24, 2.45) is 5.92 Å². The van der Waals surface area contributed by atoms with Gasteiger partial charge in [-0.1, -0.05) is 24.3 Å². The Kier molecular flexibility index (Phi) is 5.06. The van der Waals surface area contributed by atoms with Crippen LogP contribution in [-0.4, -0.2) is 35.2 Å². The van der Waals surface area contributed by atoms with Crippen LogP contribution in [0.15, 0.2) is 42.5 Å². The van der Waals surface area contributed by atoms with Gasteiger partial charge in [0.2, 0.25) is 11.9 Å². The molecule has 0 unspecified atom stereocenters. The zero-order valence-electron chi connectivity index (χ0n) is 14.0. The standard InChI is InChI=1S/C19H17F3N2O2/c1-24-10-14(11-4-2-5-12(8-11)18(21)22)17(19(24)26)15(25)9-13-6-3-7-16(20)23-13/h2-8,14,17-18H,9-10H2,1H3/t14-,17+/m1/s1. The fraction of sp³-hybridized carbons (Fsp3) is 0.316. The number of carbonyl (C=O) groups is 2. The van der Waals surface area contributed by atoms with Crippen LogP contribution in [0.5, 0.6) is 0 Å². The van der Waals surface area contributed by atoms with Crippen LogP contribution < -0.4 is 0 Å². The summed E-state index contributed by atoms with van der Waals surface area (Å²) >= 11 is 0. The number of ketones is 1. The van der Waals surface area contributed by atoms with Crippen molar-refractivity contribution in [2.45, 2.75) is 18.8 Å². The number of Topliss-reactive ketones (excluding diaryl/α,β-unsaturated/α-hetero) is 1. The summed E-state index contributed by atoms with van der Waals surface area (Å²) in [7, 11) is 1.57. The van der Waals surface area contributed by atoms with Gasteiger partial charge in [0.15, 0.2) is 5.78 Å². The molecule has 0 spiro atoms. The average Bonchev–Trinajstić information content (AvgIpc) is 2.90. The lowest BCUT2D eigenvalue weighted by atomic mass is 9.84. The summed E-state index contributed by atoms with van der Waals surface area (Å²) in [6.45, 7) is 0.262. The van der Waals surface area contributed by atoms with Gasteiger partial charge in [0.05, 0.1) is 5.69 Å². The summed E-state index contributed by atoms with van der Waals surface area (Å²) in [5, 5.41) is 0. The second-order valence-electron chi connectivity index (χ2n) is 6.37. The van der Waals surface area contributed by atoms with Crippen LogP contribution >= 0.6 is 0 Å². The van der Waals surface area contributed by atoms with E-state index in [4.69, 9.17) is 0 Å². The topological polar surface area (TPSA) is 50.3 Å². The van der Waals surface area contributed by atoms with Gasteiger partial charge in [-0.2, -0.15) is 4.39 Å². The zero-order valence-corrected chi connectivity index (χ0v) is 14.0. The van der Waals surface area contributed by atoms with E-state index in [-0.39, 0.29) is 30.1 Å². The van der Waals surface area contributed by atoms with Gasteiger partial charge in [0.1, 0.15) is 5.92 Å². The third-order valence-electron chi connectivity index (χ3n) is 4.58. The van der Waals surface area contributed by atoms with E-state index in [2.05, 4.69) is 4.98 Å². The van der Waals surface area contributed by atoms with Crippen LogP contribution in [-0.2, 0) is 16.0 Å². The number of benzene rings is 1. The van der Waals surface area contributed by atoms with Crippen molar-refractivity contribution < 1.29 is 22.8 Å². The highest BCUT2D eigenvalue weighted by Gasteiger charge is 2.43. The number of pyridine rings is 1. The first-order valence-corrected chi connectivity index (χ1v) is 8.14. The number of alkyl halides is 2. The van der Waals surface area contributed by atoms with Gasteiger partial charge < -0.3 is 4.90 Å². The molecule has 4 nitrogen and oxygen atoms in total. The quantitative estimate of drug-likeness (QED) is 0.607. The average molecular weight is 362 g/mol. The van der Waals surface area contributed by atoms with Gasteiger partial charge in [-0.25, -0.2) is 13.8 Å². The van der Waals surface area contributed by atoms with Gasteiger partial charge in [-0.15, -0.1) is 0 Å². The van der Waals surface area contributed by atoms with Gasteiger partial charge in [0, 0.05) is 31.5 Å². The molecule has 26 heavy (non-hydrogen) atoms. The molecule has 2 heterocycles. The monoisotopic (exact) mass is 362 g/mol.